The number of amides is 1. The maximum Gasteiger partial charge on any atom is 0.240 e. The van der Waals surface area contributed by atoms with Crippen molar-refractivity contribution >= 4 is 5.91 Å². The number of benzene rings is 4. The van der Waals surface area contributed by atoms with Crippen LogP contribution in [0.15, 0.2) is 91.0 Å². The van der Waals surface area contributed by atoms with Crippen LogP contribution in [0.25, 0.3) is 0 Å². The van der Waals surface area contributed by atoms with Gasteiger partial charge in [-0.3, -0.25) is 9.69 Å². The van der Waals surface area contributed by atoms with Gasteiger partial charge in [-0.1, -0.05) is 84.4 Å². The maximum absolute atomic E-state index is 15.4. The van der Waals surface area contributed by atoms with E-state index in [9.17, 15) is 9.18 Å². The highest BCUT2D eigenvalue weighted by Crippen LogP contribution is 2.39. The lowest BCUT2D eigenvalue weighted by Crippen LogP contribution is -2.53. The number of rotatable bonds is 6. The van der Waals surface area contributed by atoms with Crippen molar-refractivity contribution in [2.45, 2.75) is 57.8 Å². The Morgan fingerprint density at radius 1 is 0.850 bits per heavy atom. The number of carbonyl (C=O) groups is 1. The summed E-state index contributed by atoms with van der Waals surface area (Å²) in [5.74, 6) is -0.639. The molecule has 1 amide bonds. The summed E-state index contributed by atoms with van der Waals surface area (Å²) < 4.78 is 30.3. The first-order valence-electron chi connectivity index (χ1n) is 14.1. The summed E-state index contributed by atoms with van der Waals surface area (Å²) in [7, 11) is 0. The minimum Gasteiger partial charge on any atom is -0.333 e. The second-order valence-electron chi connectivity index (χ2n) is 11.2. The molecular formula is C35H34F2N2O. The van der Waals surface area contributed by atoms with Gasteiger partial charge >= 0.3 is 0 Å². The van der Waals surface area contributed by atoms with Gasteiger partial charge < -0.3 is 4.90 Å². The van der Waals surface area contributed by atoms with E-state index in [2.05, 4.69) is 29.2 Å². The van der Waals surface area contributed by atoms with Crippen LogP contribution in [-0.4, -0.2) is 34.3 Å². The monoisotopic (exact) mass is 536 g/mol. The Kier molecular flexibility index (Phi) is 7.24. The van der Waals surface area contributed by atoms with Crippen LogP contribution in [0.3, 0.4) is 0 Å². The molecule has 2 aliphatic rings. The van der Waals surface area contributed by atoms with E-state index in [1.54, 1.807) is 18.2 Å². The van der Waals surface area contributed by atoms with Crippen molar-refractivity contribution in [3.8, 4) is 0 Å². The van der Waals surface area contributed by atoms with Crippen LogP contribution in [0.4, 0.5) is 8.78 Å². The van der Waals surface area contributed by atoms with E-state index >= 15 is 4.39 Å². The topological polar surface area (TPSA) is 23.6 Å². The van der Waals surface area contributed by atoms with Crippen molar-refractivity contribution < 1.29 is 13.6 Å². The molecule has 0 bridgehead atoms. The lowest BCUT2D eigenvalue weighted by Gasteiger charge is -2.43. The molecule has 0 aromatic heterocycles. The number of nitrogens with zero attached hydrogens (tertiary/aromatic N) is 2. The van der Waals surface area contributed by atoms with Gasteiger partial charge in [-0.25, -0.2) is 8.78 Å². The number of hydrogen-bond acceptors (Lipinski definition) is 2. The van der Waals surface area contributed by atoms with E-state index in [1.807, 2.05) is 55.1 Å². The molecule has 1 heterocycles. The van der Waals surface area contributed by atoms with Crippen LogP contribution in [0.2, 0.25) is 0 Å². The first kappa shape index (κ1) is 26.4. The highest BCUT2D eigenvalue weighted by Gasteiger charge is 2.39. The molecule has 6 rings (SSSR count). The van der Waals surface area contributed by atoms with Gasteiger partial charge in [-0.05, 0) is 67.5 Å². The van der Waals surface area contributed by atoms with Crippen molar-refractivity contribution in [3.63, 3.8) is 0 Å². The molecule has 5 heteroatoms. The average molecular weight is 537 g/mol. The highest BCUT2D eigenvalue weighted by atomic mass is 19.1. The first-order chi connectivity index (χ1) is 19.4. The van der Waals surface area contributed by atoms with Crippen molar-refractivity contribution in [3.05, 3.63) is 142 Å². The van der Waals surface area contributed by atoms with Crippen molar-refractivity contribution in [1.29, 1.82) is 0 Å². The Morgan fingerprint density at radius 2 is 1.50 bits per heavy atom. The molecule has 1 aliphatic carbocycles. The predicted octanol–water partition coefficient (Wildman–Crippen LogP) is 6.81. The number of fused-ring (bicyclic) bond motifs is 2. The van der Waals surface area contributed by atoms with Gasteiger partial charge in [-0.15, -0.1) is 0 Å². The summed E-state index contributed by atoms with van der Waals surface area (Å²) in [5, 5.41) is 0. The van der Waals surface area contributed by atoms with E-state index in [1.165, 1.54) is 28.8 Å². The van der Waals surface area contributed by atoms with Crippen molar-refractivity contribution in [2.24, 2.45) is 0 Å². The third kappa shape index (κ3) is 4.95. The Hall–Kier alpha value is -3.83. The molecule has 0 radical (unpaired) electrons. The fourth-order valence-electron chi connectivity index (χ4n) is 6.56. The molecule has 0 spiro atoms. The van der Waals surface area contributed by atoms with E-state index in [0.717, 1.165) is 30.4 Å². The molecule has 4 aromatic rings. The van der Waals surface area contributed by atoms with Crippen LogP contribution in [0.5, 0.6) is 0 Å². The molecule has 1 aliphatic heterocycles. The summed E-state index contributed by atoms with van der Waals surface area (Å²) in [6.07, 6.45) is 2.25. The van der Waals surface area contributed by atoms with E-state index in [4.69, 9.17) is 0 Å². The second kappa shape index (κ2) is 11.0. The molecule has 0 N–H and O–H groups in total. The van der Waals surface area contributed by atoms with E-state index < -0.39 is 6.04 Å². The van der Waals surface area contributed by atoms with Gasteiger partial charge in [0.15, 0.2) is 0 Å². The van der Waals surface area contributed by atoms with Gasteiger partial charge in [0.25, 0.3) is 0 Å². The van der Waals surface area contributed by atoms with E-state index in [-0.39, 0.29) is 36.2 Å². The number of halogens is 2. The van der Waals surface area contributed by atoms with Gasteiger partial charge in [0.1, 0.15) is 11.6 Å². The largest absolute Gasteiger partial charge is 0.333 e. The van der Waals surface area contributed by atoms with E-state index in [0.29, 0.717) is 17.7 Å². The molecule has 0 saturated heterocycles. The lowest BCUT2D eigenvalue weighted by molar-refractivity contribution is -0.140. The van der Waals surface area contributed by atoms with Crippen LogP contribution >= 0.6 is 0 Å². The van der Waals surface area contributed by atoms with Gasteiger partial charge in [0.2, 0.25) is 5.91 Å². The van der Waals surface area contributed by atoms with Crippen LogP contribution in [0, 0.1) is 18.6 Å². The van der Waals surface area contributed by atoms with Crippen LogP contribution < -0.4 is 0 Å². The summed E-state index contributed by atoms with van der Waals surface area (Å²) in [5.41, 5.74) is 6.75. The van der Waals surface area contributed by atoms with Gasteiger partial charge in [0, 0.05) is 30.3 Å². The molecule has 2 unspecified atom stereocenters. The number of carbonyl (C=O) groups excluding carboxylic acids is 1. The third-order valence-corrected chi connectivity index (χ3v) is 8.67. The van der Waals surface area contributed by atoms with Crippen LogP contribution in [0.1, 0.15) is 51.9 Å². The Balaban J connectivity index is 1.37. The van der Waals surface area contributed by atoms with Crippen molar-refractivity contribution in [1.82, 2.24) is 9.80 Å². The summed E-state index contributed by atoms with van der Waals surface area (Å²) >= 11 is 0. The molecule has 204 valence electrons. The Labute approximate surface area is 235 Å². The molecule has 3 nitrogen and oxygen atoms in total. The molecule has 0 fully saturated rings. The average Bonchev–Trinajstić information content (AvgIpc) is 3.41. The van der Waals surface area contributed by atoms with Crippen molar-refractivity contribution in [2.75, 3.05) is 6.54 Å². The normalized spacial score (nSPS) is 17.8. The molecule has 40 heavy (non-hydrogen) atoms. The zero-order chi connectivity index (χ0) is 27.8. The minimum atomic E-state index is -0.534. The molecular weight excluding hydrogens is 502 g/mol. The molecule has 4 aromatic carbocycles. The standard InChI is InChI=1S/C35H34F2N2O/c1-23-15-16-33(37)31(19-23)34-30-13-7-5-9-25(30)17-18-38(34)24(2)35(40)39(22-28-12-6-8-14-32(28)36)29-20-26-10-3-4-11-27(26)21-29/h3-16,19,24,29,34H,17-18,20-22H2,1-2H3. The molecule has 2 atom stereocenters. The Morgan fingerprint density at radius 3 is 2.23 bits per heavy atom. The summed E-state index contributed by atoms with van der Waals surface area (Å²) in [6, 6.07) is 27.3. The zero-order valence-electron chi connectivity index (χ0n) is 23.0. The number of aryl methyl sites for hydroxylation is 1. The smallest absolute Gasteiger partial charge is 0.240 e. The minimum absolute atomic E-state index is 0.0569. The quantitative estimate of drug-likeness (QED) is 0.270. The first-order valence-corrected chi connectivity index (χ1v) is 14.1. The van der Waals surface area contributed by atoms with Gasteiger partial charge in [-0.2, -0.15) is 0 Å². The SMILES string of the molecule is Cc1ccc(F)c(C2c3ccccc3CCN2C(C)C(=O)N(Cc2ccccc2F)C2Cc3ccccc3C2)c1. The maximum atomic E-state index is 15.4. The lowest BCUT2D eigenvalue weighted by atomic mass is 9.86. The third-order valence-electron chi connectivity index (χ3n) is 8.67. The fourth-order valence-corrected chi connectivity index (χ4v) is 6.56. The summed E-state index contributed by atoms with van der Waals surface area (Å²) in [4.78, 5) is 18.5. The van der Waals surface area contributed by atoms with Gasteiger partial charge in [0.05, 0.1) is 12.1 Å². The zero-order valence-corrected chi connectivity index (χ0v) is 23.0. The summed E-state index contributed by atoms with van der Waals surface area (Å²) in [6.45, 7) is 4.71. The fraction of sp³-hybridized carbons (Fsp3) is 0.286. The number of hydrogen-bond donors (Lipinski definition) is 0. The molecule has 0 saturated carbocycles. The second-order valence-corrected chi connectivity index (χ2v) is 11.2. The highest BCUT2D eigenvalue weighted by molar-refractivity contribution is 5.82. The Bertz CT molecular complexity index is 1530. The van der Waals surface area contributed by atoms with Crippen LogP contribution in [-0.2, 0) is 30.6 Å². The predicted molar refractivity (Wildman–Crippen MR) is 154 cm³/mol.